The first-order chi connectivity index (χ1) is 22.8. The highest BCUT2D eigenvalue weighted by molar-refractivity contribution is 5.82. The third-order valence-corrected chi connectivity index (χ3v) is 6.87. The first-order valence-corrected chi connectivity index (χ1v) is 16.4. The summed E-state index contributed by atoms with van der Waals surface area (Å²) in [5, 5.41) is 2.34. The molecule has 4 heteroatoms. The van der Waals surface area contributed by atoms with Crippen molar-refractivity contribution in [3.63, 3.8) is 0 Å². The van der Waals surface area contributed by atoms with Crippen LogP contribution in [0, 0.1) is 12.8 Å². The quantitative estimate of drug-likeness (QED) is 0.0816. The fraction of sp³-hybridized carbons (Fsp3) is 0.302. The molecule has 2 aromatic heterocycles. The van der Waals surface area contributed by atoms with Gasteiger partial charge in [0.25, 0.3) is 0 Å². The molecule has 0 N–H and O–H groups in total. The highest BCUT2D eigenvalue weighted by atomic mass is 15.1. The molecule has 250 valence electrons. The Morgan fingerprint density at radius 2 is 1.70 bits per heavy atom. The van der Waals surface area contributed by atoms with E-state index in [1.165, 1.54) is 38.8 Å². The summed E-state index contributed by atoms with van der Waals surface area (Å²) in [7, 11) is 3.66. The maximum atomic E-state index is 5.14. The normalized spacial score (nSPS) is 12.0. The average molecular weight is 631 g/mol. The van der Waals surface area contributed by atoms with Gasteiger partial charge in [0.15, 0.2) is 0 Å². The topological polar surface area (TPSA) is 32.9 Å². The molecule has 0 unspecified atom stereocenters. The number of nitrogens with zero attached hydrogens (tertiary/aromatic N) is 4. The number of aliphatic imine (C=N–C) groups is 1. The van der Waals surface area contributed by atoms with Crippen molar-refractivity contribution < 1.29 is 0 Å². The predicted molar refractivity (Wildman–Crippen MR) is 214 cm³/mol. The summed E-state index contributed by atoms with van der Waals surface area (Å²) < 4.78 is 2.42. The van der Waals surface area contributed by atoms with Gasteiger partial charge in [-0.2, -0.15) is 0 Å². The molecule has 0 saturated carbocycles. The number of aryl methyl sites for hydroxylation is 1. The van der Waals surface area contributed by atoms with E-state index in [1.807, 2.05) is 64.1 Å². The average Bonchev–Trinajstić information content (AvgIpc) is 3.48. The minimum absolute atomic E-state index is 0.980. The Bertz CT molecular complexity index is 1700. The van der Waals surface area contributed by atoms with E-state index in [2.05, 4.69) is 124 Å². The number of hydrogen-bond acceptors (Lipinski definition) is 2. The van der Waals surface area contributed by atoms with Crippen molar-refractivity contribution in [2.45, 2.75) is 74.7 Å². The minimum atomic E-state index is 0.980. The van der Waals surface area contributed by atoms with Gasteiger partial charge in [-0.05, 0) is 100 Å². The van der Waals surface area contributed by atoms with Crippen LogP contribution in [0.25, 0.3) is 40.6 Å². The van der Waals surface area contributed by atoms with Gasteiger partial charge in [-0.1, -0.05) is 88.1 Å². The molecule has 0 bridgehead atoms. The first kappa shape index (κ1) is 42.1. The van der Waals surface area contributed by atoms with Crippen molar-refractivity contribution >= 4 is 35.7 Å². The maximum Gasteiger partial charge on any atom is 0.0950 e. The molecular weight excluding hydrogens is 573 g/mol. The zero-order valence-electron chi connectivity index (χ0n) is 30.7. The second-order valence-electron chi connectivity index (χ2n) is 10.2. The van der Waals surface area contributed by atoms with E-state index in [0.717, 1.165) is 35.9 Å². The smallest absolute Gasteiger partial charge is 0.0950 e. The molecule has 0 radical (unpaired) electrons. The van der Waals surface area contributed by atoms with Gasteiger partial charge in [0, 0.05) is 31.6 Å². The SMILES string of the molecule is C#C.C/C=C\c1c(CC)cc2c(-c3cccc(/C(C)=C/C)c3)nc3c(n12)=CCCC=3.C=C(/C=C\C)/C=C/N(C)C=NC.C=CC.CC. The fourth-order valence-corrected chi connectivity index (χ4v) is 4.76. The lowest BCUT2D eigenvalue weighted by Gasteiger charge is -2.12. The molecular formula is C43H58N4. The number of terminal acetylenes is 1. The van der Waals surface area contributed by atoms with Crippen LogP contribution in [0.1, 0.15) is 85.1 Å². The molecule has 1 aliphatic rings. The molecule has 0 spiro atoms. The third kappa shape index (κ3) is 12.8. The Kier molecular flexibility index (Phi) is 21.8. The van der Waals surface area contributed by atoms with E-state index < -0.39 is 0 Å². The van der Waals surface area contributed by atoms with Gasteiger partial charge in [-0.25, -0.2) is 4.98 Å². The van der Waals surface area contributed by atoms with Gasteiger partial charge in [0.2, 0.25) is 0 Å². The van der Waals surface area contributed by atoms with Crippen LogP contribution < -0.4 is 10.7 Å². The molecule has 0 atom stereocenters. The summed E-state index contributed by atoms with van der Waals surface area (Å²) in [6.07, 6.45) is 33.5. The van der Waals surface area contributed by atoms with Crippen LogP contribution >= 0.6 is 0 Å². The molecule has 0 amide bonds. The first-order valence-electron chi connectivity index (χ1n) is 16.4. The molecule has 3 aromatic rings. The van der Waals surface area contributed by atoms with Crippen LogP contribution in [-0.4, -0.2) is 34.7 Å². The van der Waals surface area contributed by atoms with Crippen molar-refractivity contribution in [3.05, 3.63) is 119 Å². The number of hydrogen-bond donors (Lipinski definition) is 0. The standard InChI is InChI=1S/C26H28N2.C10H16N2.C3H6.C2H6.C2H2/c1-5-11-23-19(7-3)17-25-26(21-13-10-12-20(16-21)18(4)6-2)27-22-14-8-9-15-24(22)28(23)25;1-5-6-10(2)7-8-12(4)9-11-3;1-3-2;2*1-2/h5-6,10-17H,7-9H2,1-4H3;5-9H,2H2,1,3-4H3;3H,1H2,2H3;1-2H3;1-2H/b11-5-,18-6+;6-5-,8-7+,11-9?;;;. The number of fused-ring (bicyclic) bond motifs is 3. The van der Waals surface area contributed by atoms with Gasteiger partial charge in [0.05, 0.1) is 28.2 Å². The van der Waals surface area contributed by atoms with E-state index in [9.17, 15) is 0 Å². The van der Waals surface area contributed by atoms with Crippen LogP contribution in [-0.2, 0) is 6.42 Å². The fourth-order valence-electron chi connectivity index (χ4n) is 4.76. The van der Waals surface area contributed by atoms with Gasteiger partial charge in [-0.15, -0.1) is 19.4 Å². The number of rotatable bonds is 8. The van der Waals surface area contributed by atoms with Crippen molar-refractivity contribution in [1.29, 1.82) is 0 Å². The predicted octanol–water partition coefficient (Wildman–Crippen LogP) is 10.1. The lowest BCUT2D eigenvalue weighted by molar-refractivity contribution is 0.708. The van der Waals surface area contributed by atoms with Gasteiger partial charge >= 0.3 is 0 Å². The highest BCUT2D eigenvalue weighted by Crippen LogP contribution is 2.28. The maximum absolute atomic E-state index is 5.14. The Labute approximate surface area is 286 Å². The highest BCUT2D eigenvalue weighted by Gasteiger charge is 2.16. The molecule has 2 heterocycles. The van der Waals surface area contributed by atoms with Crippen molar-refractivity contribution in [2.24, 2.45) is 4.99 Å². The van der Waals surface area contributed by atoms with Gasteiger partial charge < -0.3 is 9.30 Å². The van der Waals surface area contributed by atoms with Crippen LogP contribution in [0.2, 0.25) is 0 Å². The zero-order chi connectivity index (χ0) is 35.8. The van der Waals surface area contributed by atoms with E-state index in [-0.39, 0.29) is 0 Å². The molecule has 1 aromatic carbocycles. The largest absolute Gasteiger partial charge is 0.342 e. The molecule has 4 rings (SSSR count). The second kappa shape index (κ2) is 24.4. The van der Waals surface area contributed by atoms with E-state index in [1.54, 1.807) is 19.5 Å². The lowest BCUT2D eigenvalue weighted by atomic mass is 10.0. The molecule has 0 aliphatic heterocycles. The Hall–Kier alpha value is -4.88. The monoisotopic (exact) mass is 630 g/mol. The van der Waals surface area contributed by atoms with E-state index in [4.69, 9.17) is 4.98 Å². The summed E-state index contributed by atoms with van der Waals surface area (Å²) in [4.78, 5) is 10.9. The van der Waals surface area contributed by atoms with Crippen molar-refractivity contribution in [2.75, 3.05) is 14.1 Å². The molecule has 0 saturated heterocycles. The minimum Gasteiger partial charge on any atom is -0.342 e. The second-order valence-corrected chi connectivity index (χ2v) is 10.2. The summed E-state index contributed by atoms with van der Waals surface area (Å²) in [6, 6.07) is 11.1. The lowest BCUT2D eigenvalue weighted by Crippen LogP contribution is -2.37. The van der Waals surface area contributed by atoms with Crippen LogP contribution in [0.5, 0.6) is 0 Å². The third-order valence-electron chi connectivity index (χ3n) is 6.87. The molecule has 0 fully saturated rings. The van der Waals surface area contributed by atoms with Crippen LogP contribution in [0.3, 0.4) is 0 Å². The summed E-state index contributed by atoms with van der Waals surface area (Å²) in [5.41, 5.74) is 9.62. The molecule has 47 heavy (non-hydrogen) atoms. The number of benzene rings is 1. The number of aromatic nitrogens is 2. The van der Waals surface area contributed by atoms with Gasteiger partial charge in [-0.3, -0.25) is 4.99 Å². The summed E-state index contributed by atoms with van der Waals surface area (Å²) >= 11 is 0. The summed E-state index contributed by atoms with van der Waals surface area (Å²) in [5.74, 6) is 0. The van der Waals surface area contributed by atoms with Crippen molar-refractivity contribution in [3.8, 4) is 24.1 Å². The Morgan fingerprint density at radius 1 is 1.04 bits per heavy atom. The Balaban J connectivity index is 0.000000936. The molecule has 4 nitrogen and oxygen atoms in total. The zero-order valence-corrected chi connectivity index (χ0v) is 30.7. The van der Waals surface area contributed by atoms with Gasteiger partial charge in [0.1, 0.15) is 0 Å². The summed E-state index contributed by atoms with van der Waals surface area (Å²) in [6.45, 7) is 23.6. The van der Waals surface area contributed by atoms with E-state index >= 15 is 0 Å². The van der Waals surface area contributed by atoms with Crippen LogP contribution in [0.15, 0.2) is 96.7 Å². The number of allylic oxidation sites excluding steroid dienone is 8. The van der Waals surface area contributed by atoms with E-state index in [0.29, 0.717) is 0 Å². The Morgan fingerprint density at radius 3 is 2.28 bits per heavy atom. The molecule has 1 aliphatic carbocycles. The van der Waals surface area contributed by atoms with Crippen molar-refractivity contribution in [1.82, 2.24) is 14.3 Å². The van der Waals surface area contributed by atoms with Crippen LogP contribution in [0.4, 0.5) is 0 Å².